The first-order valence-electron chi connectivity index (χ1n) is 7.75. The van der Waals surface area contributed by atoms with E-state index < -0.39 is 5.60 Å². The van der Waals surface area contributed by atoms with Crippen molar-refractivity contribution in [1.29, 1.82) is 0 Å². The molecule has 1 heterocycles. The molecule has 0 aliphatic heterocycles. The summed E-state index contributed by atoms with van der Waals surface area (Å²) in [7, 11) is 0. The highest BCUT2D eigenvalue weighted by molar-refractivity contribution is 6.31. The summed E-state index contributed by atoms with van der Waals surface area (Å²) in [4.78, 5) is 0. The standard InChI is InChI=1S/C16H27ClN2O/c1-5-10-19-14(12(17)11-18-19)16(20)9-7-6-8-13(16)15(2,3)4/h11,13,20H,5-10H2,1-4H3. The Labute approximate surface area is 127 Å². The fourth-order valence-electron chi connectivity index (χ4n) is 3.76. The Morgan fingerprint density at radius 1 is 1.45 bits per heavy atom. The van der Waals surface area contributed by atoms with Gasteiger partial charge in [-0.05, 0) is 30.6 Å². The van der Waals surface area contributed by atoms with Gasteiger partial charge in [0.15, 0.2) is 0 Å². The first kappa shape index (κ1) is 15.8. The first-order chi connectivity index (χ1) is 9.30. The van der Waals surface area contributed by atoms with Crippen molar-refractivity contribution in [2.24, 2.45) is 11.3 Å². The number of hydrogen-bond acceptors (Lipinski definition) is 2. The fraction of sp³-hybridized carbons (Fsp3) is 0.812. The van der Waals surface area contributed by atoms with Crippen LogP contribution in [0.3, 0.4) is 0 Å². The van der Waals surface area contributed by atoms with Gasteiger partial charge >= 0.3 is 0 Å². The molecule has 1 aromatic heterocycles. The topological polar surface area (TPSA) is 38.0 Å². The van der Waals surface area contributed by atoms with Crippen molar-refractivity contribution >= 4 is 11.6 Å². The van der Waals surface area contributed by atoms with Gasteiger partial charge in [-0.1, -0.05) is 52.1 Å². The molecule has 3 nitrogen and oxygen atoms in total. The number of rotatable bonds is 3. The van der Waals surface area contributed by atoms with Crippen LogP contribution < -0.4 is 0 Å². The molecule has 1 N–H and O–H groups in total. The van der Waals surface area contributed by atoms with Crippen molar-refractivity contribution in [2.75, 3.05) is 0 Å². The van der Waals surface area contributed by atoms with Crippen LogP contribution in [0.15, 0.2) is 6.20 Å². The van der Waals surface area contributed by atoms with Crippen LogP contribution in [0.1, 0.15) is 65.5 Å². The highest BCUT2D eigenvalue weighted by Crippen LogP contribution is 2.51. The molecule has 1 saturated carbocycles. The molecule has 1 fully saturated rings. The van der Waals surface area contributed by atoms with Crippen LogP contribution in [0, 0.1) is 11.3 Å². The summed E-state index contributed by atoms with van der Waals surface area (Å²) < 4.78 is 1.91. The van der Waals surface area contributed by atoms with Gasteiger partial charge in [0.05, 0.1) is 16.9 Å². The number of aromatic nitrogens is 2. The zero-order chi connectivity index (χ0) is 15.0. The third-order valence-electron chi connectivity index (χ3n) is 4.56. The Morgan fingerprint density at radius 2 is 2.15 bits per heavy atom. The summed E-state index contributed by atoms with van der Waals surface area (Å²) in [6, 6.07) is 0. The van der Waals surface area contributed by atoms with Gasteiger partial charge in [-0.15, -0.1) is 0 Å². The molecule has 2 unspecified atom stereocenters. The van der Waals surface area contributed by atoms with E-state index >= 15 is 0 Å². The summed E-state index contributed by atoms with van der Waals surface area (Å²) in [6.45, 7) is 9.56. The van der Waals surface area contributed by atoms with Gasteiger partial charge in [0.25, 0.3) is 0 Å². The molecule has 0 saturated heterocycles. The predicted molar refractivity (Wildman–Crippen MR) is 82.8 cm³/mol. The van der Waals surface area contributed by atoms with E-state index in [4.69, 9.17) is 11.6 Å². The summed E-state index contributed by atoms with van der Waals surface area (Å²) in [5, 5.41) is 16.4. The molecule has 0 radical (unpaired) electrons. The normalized spacial score (nSPS) is 27.8. The van der Waals surface area contributed by atoms with Crippen molar-refractivity contribution in [3.8, 4) is 0 Å². The third-order valence-corrected chi connectivity index (χ3v) is 4.84. The lowest BCUT2D eigenvalue weighted by atomic mass is 9.62. The minimum absolute atomic E-state index is 0.0554. The van der Waals surface area contributed by atoms with Crippen LogP contribution in [0.5, 0.6) is 0 Å². The van der Waals surface area contributed by atoms with Gasteiger partial charge in [-0.25, -0.2) is 0 Å². The Kier molecular flexibility index (Phi) is 4.50. The molecular weight excluding hydrogens is 272 g/mol. The lowest BCUT2D eigenvalue weighted by molar-refractivity contribution is -0.101. The van der Waals surface area contributed by atoms with Crippen LogP contribution in [0.25, 0.3) is 0 Å². The maximum absolute atomic E-state index is 11.5. The average molecular weight is 299 g/mol. The van der Waals surface area contributed by atoms with Gasteiger partial charge in [-0.2, -0.15) is 5.10 Å². The number of nitrogens with zero attached hydrogens (tertiary/aromatic N) is 2. The van der Waals surface area contributed by atoms with Crippen molar-refractivity contribution < 1.29 is 5.11 Å². The molecule has 0 amide bonds. The van der Waals surface area contributed by atoms with Crippen LogP contribution in [-0.4, -0.2) is 14.9 Å². The van der Waals surface area contributed by atoms with Crippen LogP contribution in [-0.2, 0) is 12.1 Å². The Bertz CT molecular complexity index is 464. The van der Waals surface area contributed by atoms with E-state index in [2.05, 4.69) is 32.8 Å². The molecule has 1 aromatic rings. The number of halogens is 1. The smallest absolute Gasteiger partial charge is 0.111 e. The lowest BCUT2D eigenvalue weighted by Crippen LogP contribution is -2.46. The fourth-order valence-corrected chi connectivity index (χ4v) is 4.07. The highest BCUT2D eigenvalue weighted by atomic mass is 35.5. The maximum atomic E-state index is 11.5. The largest absolute Gasteiger partial charge is 0.383 e. The average Bonchev–Trinajstić information content (AvgIpc) is 2.70. The van der Waals surface area contributed by atoms with E-state index in [-0.39, 0.29) is 11.3 Å². The van der Waals surface area contributed by atoms with E-state index in [1.807, 2.05) is 4.68 Å². The van der Waals surface area contributed by atoms with E-state index in [0.717, 1.165) is 37.9 Å². The maximum Gasteiger partial charge on any atom is 0.111 e. The predicted octanol–water partition coefficient (Wildman–Crippen LogP) is 4.37. The van der Waals surface area contributed by atoms with Crippen molar-refractivity contribution in [3.63, 3.8) is 0 Å². The molecule has 2 rings (SSSR count). The van der Waals surface area contributed by atoms with Gasteiger partial charge in [-0.3, -0.25) is 4.68 Å². The molecule has 0 bridgehead atoms. The van der Waals surface area contributed by atoms with E-state index in [0.29, 0.717) is 5.02 Å². The second-order valence-corrected chi connectivity index (χ2v) is 7.56. The quantitative estimate of drug-likeness (QED) is 0.900. The first-order valence-corrected chi connectivity index (χ1v) is 8.12. The van der Waals surface area contributed by atoms with Crippen molar-refractivity contribution in [1.82, 2.24) is 9.78 Å². The van der Waals surface area contributed by atoms with E-state index in [1.165, 1.54) is 6.42 Å². The summed E-state index contributed by atoms with van der Waals surface area (Å²) in [6.07, 6.45) is 6.73. The van der Waals surface area contributed by atoms with Crippen molar-refractivity contribution in [3.05, 3.63) is 16.9 Å². The van der Waals surface area contributed by atoms with Crippen molar-refractivity contribution in [2.45, 2.75) is 71.9 Å². The summed E-state index contributed by atoms with van der Waals surface area (Å²) in [5.41, 5.74) is 0.0413. The van der Waals surface area contributed by atoms with Gasteiger partial charge in [0.2, 0.25) is 0 Å². The second-order valence-electron chi connectivity index (χ2n) is 7.15. The lowest BCUT2D eigenvalue weighted by Gasteiger charge is -2.47. The Hall–Kier alpha value is -0.540. The zero-order valence-electron chi connectivity index (χ0n) is 13.1. The van der Waals surface area contributed by atoms with Crippen LogP contribution >= 0.6 is 11.6 Å². The molecule has 114 valence electrons. The monoisotopic (exact) mass is 298 g/mol. The molecule has 20 heavy (non-hydrogen) atoms. The van der Waals surface area contributed by atoms with Gasteiger partial charge in [0.1, 0.15) is 5.60 Å². The molecule has 1 aliphatic carbocycles. The summed E-state index contributed by atoms with van der Waals surface area (Å²) >= 11 is 6.38. The number of hydrogen-bond donors (Lipinski definition) is 1. The minimum atomic E-state index is -0.848. The third kappa shape index (κ3) is 2.75. The zero-order valence-corrected chi connectivity index (χ0v) is 13.9. The minimum Gasteiger partial charge on any atom is -0.383 e. The summed E-state index contributed by atoms with van der Waals surface area (Å²) in [5.74, 6) is 0.216. The highest BCUT2D eigenvalue weighted by Gasteiger charge is 2.48. The molecule has 4 heteroatoms. The number of aliphatic hydroxyl groups is 1. The molecule has 2 atom stereocenters. The Morgan fingerprint density at radius 3 is 2.75 bits per heavy atom. The molecule has 0 aromatic carbocycles. The molecule has 1 aliphatic rings. The van der Waals surface area contributed by atoms with E-state index in [9.17, 15) is 5.11 Å². The second kappa shape index (κ2) is 5.69. The van der Waals surface area contributed by atoms with Gasteiger partial charge < -0.3 is 5.11 Å². The molecule has 0 spiro atoms. The van der Waals surface area contributed by atoms with E-state index in [1.54, 1.807) is 6.20 Å². The van der Waals surface area contributed by atoms with Crippen LogP contribution in [0.4, 0.5) is 0 Å². The SMILES string of the molecule is CCCn1ncc(Cl)c1C1(O)CCCCC1C(C)(C)C. The van der Waals surface area contributed by atoms with Crippen LogP contribution in [0.2, 0.25) is 5.02 Å². The Balaban J connectivity index is 2.48. The van der Waals surface area contributed by atoms with Gasteiger partial charge in [0, 0.05) is 6.54 Å². The number of aryl methyl sites for hydroxylation is 1. The molecular formula is C16H27ClN2O.